The van der Waals surface area contributed by atoms with Gasteiger partial charge in [0.15, 0.2) is 0 Å². The predicted octanol–water partition coefficient (Wildman–Crippen LogP) is 4.18. The first kappa shape index (κ1) is 14.7. The Labute approximate surface area is 144 Å². The van der Waals surface area contributed by atoms with Crippen molar-refractivity contribution >= 4 is 28.5 Å². The maximum Gasteiger partial charge on any atom is 0.147 e. The number of nitrogens with one attached hydrogen (secondary N) is 1. The molecule has 0 spiro atoms. The van der Waals surface area contributed by atoms with Crippen molar-refractivity contribution in [2.75, 3.05) is 12.4 Å². The molecule has 6 heteroatoms. The van der Waals surface area contributed by atoms with Crippen LogP contribution in [-0.2, 0) is 0 Å². The van der Waals surface area contributed by atoms with Crippen LogP contribution in [0.1, 0.15) is 0 Å². The van der Waals surface area contributed by atoms with Gasteiger partial charge in [-0.2, -0.15) is 0 Å². The lowest BCUT2D eigenvalue weighted by atomic mass is 10.2. The van der Waals surface area contributed by atoms with Gasteiger partial charge in [0.2, 0.25) is 0 Å². The first-order chi connectivity index (χ1) is 11.8. The first-order valence-electron chi connectivity index (χ1n) is 7.49. The molecule has 0 bridgehead atoms. The number of halogens is 1. The number of rotatable bonds is 3. The molecule has 0 aliphatic carbocycles. The van der Waals surface area contributed by atoms with Crippen molar-refractivity contribution in [1.29, 1.82) is 0 Å². The Balaban J connectivity index is 1.97. The van der Waals surface area contributed by atoms with Crippen molar-refractivity contribution < 1.29 is 0 Å². The van der Waals surface area contributed by atoms with Gasteiger partial charge in [0, 0.05) is 35.7 Å². The molecule has 0 unspecified atom stereocenters. The number of fused-ring (bicyclic) bond motifs is 1. The van der Waals surface area contributed by atoms with Gasteiger partial charge >= 0.3 is 0 Å². The number of pyridine rings is 2. The summed E-state index contributed by atoms with van der Waals surface area (Å²) in [7, 11) is 1.84. The number of benzene rings is 1. The van der Waals surface area contributed by atoms with E-state index in [1.807, 2.05) is 61.9 Å². The lowest BCUT2D eigenvalue weighted by molar-refractivity contribution is 1.09. The molecule has 0 atom stereocenters. The average molecular weight is 336 g/mol. The van der Waals surface area contributed by atoms with Crippen LogP contribution in [0.2, 0.25) is 5.02 Å². The van der Waals surface area contributed by atoms with Gasteiger partial charge in [0.05, 0.1) is 17.2 Å². The third-order valence-corrected chi connectivity index (χ3v) is 4.07. The molecule has 1 aromatic carbocycles. The smallest absolute Gasteiger partial charge is 0.147 e. The molecule has 4 rings (SSSR count). The van der Waals surface area contributed by atoms with Crippen LogP contribution in [0, 0.1) is 0 Å². The van der Waals surface area contributed by atoms with Gasteiger partial charge in [-0.1, -0.05) is 11.6 Å². The van der Waals surface area contributed by atoms with E-state index < -0.39 is 0 Å². The van der Waals surface area contributed by atoms with Gasteiger partial charge in [-0.25, -0.2) is 9.97 Å². The molecule has 1 N–H and O–H groups in total. The van der Waals surface area contributed by atoms with Crippen molar-refractivity contribution in [3.05, 3.63) is 66.1 Å². The normalized spacial score (nSPS) is 10.9. The summed E-state index contributed by atoms with van der Waals surface area (Å²) in [5.74, 6) is 1.63. The largest absolute Gasteiger partial charge is 0.373 e. The van der Waals surface area contributed by atoms with Crippen LogP contribution in [0.15, 0.2) is 61.1 Å². The average Bonchev–Trinajstić information content (AvgIpc) is 3.02. The Morgan fingerprint density at radius 2 is 1.83 bits per heavy atom. The second kappa shape index (κ2) is 5.94. The third kappa shape index (κ3) is 2.49. The van der Waals surface area contributed by atoms with Gasteiger partial charge in [-0.3, -0.25) is 9.55 Å². The molecule has 3 heterocycles. The monoisotopic (exact) mass is 335 g/mol. The number of anilines is 1. The highest BCUT2D eigenvalue weighted by atomic mass is 35.5. The Bertz CT molecular complexity index is 990. The van der Waals surface area contributed by atoms with Crippen molar-refractivity contribution in [2.24, 2.45) is 0 Å². The molecular formula is C18H14ClN5. The molecule has 0 aliphatic rings. The van der Waals surface area contributed by atoms with Crippen molar-refractivity contribution in [3.63, 3.8) is 0 Å². The molecule has 5 nitrogen and oxygen atoms in total. The van der Waals surface area contributed by atoms with Crippen LogP contribution in [0.5, 0.6) is 0 Å². The van der Waals surface area contributed by atoms with Gasteiger partial charge in [0.1, 0.15) is 11.6 Å². The number of nitrogens with zero attached hydrogens (tertiary/aromatic N) is 4. The van der Waals surface area contributed by atoms with Crippen LogP contribution in [0.3, 0.4) is 0 Å². The molecule has 0 aliphatic heterocycles. The van der Waals surface area contributed by atoms with Gasteiger partial charge in [-0.15, -0.1) is 0 Å². The maximum atomic E-state index is 6.03. The van der Waals surface area contributed by atoms with E-state index in [4.69, 9.17) is 16.6 Å². The third-order valence-electron chi connectivity index (χ3n) is 3.82. The lowest BCUT2D eigenvalue weighted by Gasteiger charge is -2.09. The van der Waals surface area contributed by atoms with E-state index in [0.717, 1.165) is 33.9 Å². The molecule has 0 radical (unpaired) electrons. The van der Waals surface area contributed by atoms with Gasteiger partial charge in [0.25, 0.3) is 0 Å². The minimum absolute atomic E-state index is 0.697. The van der Waals surface area contributed by atoms with E-state index >= 15 is 0 Å². The van der Waals surface area contributed by atoms with E-state index in [0.29, 0.717) is 5.02 Å². The Kier molecular flexibility index (Phi) is 3.63. The quantitative estimate of drug-likeness (QED) is 0.610. The van der Waals surface area contributed by atoms with Gasteiger partial charge in [-0.05, 0) is 42.5 Å². The van der Waals surface area contributed by atoms with E-state index in [2.05, 4.69) is 19.9 Å². The SMILES string of the molecule is CNc1ccc(-c2nc3ccncc3n2-c2ccc(Cl)cc2)cn1. The molecule has 0 amide bonds. The molecule has 0 saturated carbocycles. The van der Waals surface area contributed by atoms with Crippen LogP contribution in [0.25, 0.3) is 28.1 Å². The van der Waals surface area contributed by atoms with E-state index in [1.165, 1.54) is 0 Å². The van der Waals surface area contributed by atoms with E-state index in [1.54, 1.807) is 6.20 Å². The van der Waals surface area contributed by atoms with Crippen molar-refractivity contribution in [2.45, 2.75) is 0 Å². The van der Waals surface area contributed by atoms with E-state index in [9.17, 15) is 0 Å². The highest BCUT2D eigenvalue weighted by molar-refractivity contribution is 6.30. The second-order valence-corrected chi connectivity index (χ2v) is 5.73. The topological polar surface area (TPSA) is 55.6 Å². The highest BCUT2D eigenvalue weighted by Crippen LogP contribution is 2.28. The number of imidazole rings is 1. The molecule has 0 fully saturated rings. The zero-order valence-electron chi connectivity index (χ0n) is 12.9. The molecule has 24 heavy (non-hydrogen) atoms. The summed E-state index contributed by atoms with van der Waals surface area (Å²) in [6, 6.07) is 13.5. The van der Waals surface area contributed by atoms with Crippen molar-refractivity contribution in [1.82, 2.24) is 19.5 Å². The van der Waals surface area contributed by atoms with Crippen LogP contribution >= 0.6 is 11.6 Å². The fourth-order valence-electron chi connectivity index (χ4n) is 2.64. The number of hydrogen-bond donors (Lipinski definition) is 1. The Hall–Kier alpha value is -2.92. The fourth-order valence-corrected chi connectivity index (χ4v) is 2.77. The second-order valence-electron chi connectivity index (χ2n) is 5.29. The number of hydrogen-bond acceptors (Lipinski definition) is 4. The Morgan fingerprint density at radius 3 is 2.54 bits per heavy atom. The van der Waals surface area contributed by atoms with Crippen LogP contribution in [0.4, 0.5) is 5.82 Å². The van der Waals surface area contributed by atoms with Crippen molar-refractivity contribution in [3.8, 4) is 17.1 Å². The summed E-state index contributed by atoms with van der Waals surface area (Å²) < 4.78 is 2.06. The molecule has 118 valence electrons. The first-order valence-corrected chi connectivity index (χ1v) is 7.86. The van der Waals surface area contributed by atoms with E-state index in [-0.39, 0.29) is 0 Å². The minimum atomic E-state index is 0.697. The molecular weight excluding hydrogens is 322 g/mol. The number of aromatic nitrogens is 4. The maximum absolute atomic E-state index is 6.03. The summed E-state index contributed by atoms with van der Waals surface area (Å²) in [6.07, 6.45) is 5.37. The van der Waals surface area contributed by atoms with Crippen LogP contribution < -0.4 is 5.32 Å². The molecule has 3 aromatic heterocycles. The standard InChI is InChI=1S/C18H14ClN5/c1-20-17-7-2-12(10-22-17)18-23-15-8-9-21-11-16(15)24(18)14-5-3-13(19)4-6-14/h2-11H,1H3,(H,20,22). The molecule has 0 saturated heterocycles. The summed E-state index contributed by atoms with van der Waals surface area (Å²) >= 11 is 6.03. The summed E-state index contributed by atoms with van der Waals surface area (Å²) in [5.41, 5.74) is 3.72. The molecule has 4 aromatic rings. The predicted molar refractivity (Wildman–Crippen MR) is 96.7 cm³/mol. The lowest BCUT2D eigenvalue weighted by Crippen LogP contribution is -1.98. The summed E-state index contributed by atoms with van der Waals surface area (Å²) in [4.78, 5) is 13.4. The zero-order chi connectivity index (χ0) is 16.5. The highest BCUT2D eigenvalue weighted by Gasteiger charge is 2.14. The van der Waals surface area contributed by atoms with Crippen LogP contribution in [-0.4, -0.2) is 26.6 Å². The fraction of sp³-hybridized carbons (Fsp3) is 0.0556. The summed E-state index contributed by atoms with van der Waals surface area (Å²) in [5, 5.41) is 3.72. The summed E-state index contributed by atoms with van der Waals surface area (Å²) in [6.45, 7) is 0. The Morgan fingerprint density at radius 1 is 1.00 bits per heavy atom. The van der Waals surface area contributed by atoms with Gasteiger partial charge < -0.3 is 5.32 Å². The zero-order valence-corrected chi connectivity index (χ0v) is 13.7. The minimum Gasteiger partial charge on any atom is -0.373 e.